The van der Waals surface area contributed by atoms with Crippen LogP contribution in [0.15, 0.2) is 30.3 Å². The lowest BCUT2D eigenvalue weighted by molar-refractivity contribution is -0.123. The molecule has 4 N–H and O–H groups in total. The molecule has 8 heteroatoms. The Labute approximate surface area is 162 Å². The maximum absolute atomic E-state index is 12.2. The summed E-state index contributed by atoms with van der Waals surface area (Å²) in [6, 6.07) is 9.33. The Morgan fingerprint density at radius 1 is 1.12 bits per heavy atom. The summed E-state index contributed by atoms with van der Waals surface area (Å²) in [4.78, 5) is 12.2. The van der Waals surface area contributed by atoms with Crippen LogP contribution < -0.4 is 15.8 Å². The minimum absolute atomic E-state index is 0. The summed E-state index contributed by atoms with van der Waals surface area (Å²) >= 11 is 0. The van der Waals surface area contributed by atoms with Crippen LogP contribution in [0.1, 0.15) is 44.1 Å². The van der Waals surface area contributed by atoms with Gasteiger partial charge in [-0.15, -0.1) is 12.4 Å². The molecule has 6 nitrogen and oxygen atoms in total. The van der Waals surface area contributed by atoms with Crippen LogP contribution in [0.25, 0.3) is 0 Å². The Kier molecular flexibility index (Phi) is 9.57. The number of halogens is 1. The molecule has 1 amide bonds. The number of benzene rings is 1. The Morgan fingerprint density at radius 3 is 2.38 bits per heavy atom. The molecule has 26 heavy (non-hydrogen) atoms. The van der Waals surface area contributed by atoms with Gasteiger partial charge in [-0.3, -0.25) is 4.79 Å². The highest BCUT2D eigenvalue weighted by Crippen LogP contribution is 2.38. The van der Waals surface area contributed by atoms with Gasteiger partial charge in [-0.25, -0.2) is 13.1 Å². The number of carbonyl (C=O) groups is 1. The van der Waals surface area contributed by atoms with Crippen molar-refractivity contribution in [3.63, 3.8) is 0 Å². The minimum atomic E-state index is -3.42. The van der Waals surface area contributed by atoms with E-state index in [0.717, 1.165) is 31.2 Å². The Morgan fingerprint density at radius 2 is 1.77 bits per heavy atom. The van der Waals surface area contributed by atoms with Crippen LogP contribution >= 0.6 is 12.4 Å². The molecule has 0 heterocycles. The smallest absolute Gasteiger partial charge is 0.220 e. The van der Waals surface area contributed by atoms with E-state index in [4.69, 9.17) is 5.73 Å². The molecule has 1 aliphatic carbocycles. The highest BCUT2D eigenvalue weighted by atomic mass is 35.5. The third-order valence-corrected chi connectivity index (χ3v) is 6.24. The molecule has 148 valence electrons. The highest BCUT2D eigenvalue weighted by molar-refractivity contribution is 7.89. The zero-order valence-corrected chi connectivity index (χ0v) is 16.7. The second-order valence-corrected chi connectivity index (χ2v) is 8.84. The van der Waals surface area contributed by atoms with Crippen LogP contribution in [-0.4, -0.2) is 33.2 Å². The van der Waals surface area contributed by atoms with Crippen LogP contribution in [0, 0.1) is 5.41 Å². The molecule has 1 fully saturated rings. The van der Waals surface area contributed by atoms with Crippen molar-refractivity contribution in [2.24, 2.45) is 11.1 Å². The van der Waals surface area contributed by atoms with E-state index in [1.165, 1.54) is 6.42 Å². The van der Waals surface area contributed by atoms with Crippen molar-refractivity contribution in [1.29, 1.82) is 0 Å². The fourth-order valence-corrected chi connectivity index (χ4v) is 4.25. The van der Waals surface area contributed by atoms with Crippen molar-refractivity contribution in [3.05, 3.63) is 35.9 Å². The summed E-state index contributed by atoms with van der Waals surface area (Å²) in [6.07, 6.45) is 5.78. The number of amides is 1. The van der Waals surface area contributed by atoms with Crippen LogP contribution in [0.3, 0.4) is 0 Å². The fourth-order valence-electron chi connectivity index (χ4n) is 3.34. The molecule has 0 unspecified atom stereocenters. The van der Waals surface area contributed by atoms with Crippen LogP contribution in [0.5, 0.6) is 0 Å². The molecule has 0 radical (unpaired) electrons. The summed E-state index contributed by atoms with van der Waals surface area (Å²) < 4.78 is 26.6. The number of carbonyl (C=O) groups excluding carboxylic acids is 1. The Bertz CT molecular complexity index is 647. The van der Waals surface area contributed by atoms with Gasteiger partial charge >= 0.3 is 0 Å². The van der Waals surface area contributed by atoms with E-state index in [1.54, 1.807) is 0 Å². The topological polar surface area (TPSA) is 101 Å². The van der Waals surface area contributed by atoms with E-state index in [9.17, 15) is 13.2 Å². The van der Waals surface area contributed by atoms with Gasteiger partial charge in [0.25, 0.3) is 0 Å². The van der Waals surface area contributed by atoms with Crippen molar-refractivity contribution in [2.45, 2.75) is 45.1 Å². The molecule has 0 aromatic heterocycles. The lowest BCUT2D eigenvalue weighted by atomic mass is 9.72. The molecule has 0 spiro atoms. The summed E-state index contributed by atoms with van der Waals surface area (Å²) in [5.74, 6) is -0.230. The fraction of sp³-hybridized carbons (Fsp3) is 0.611. The average Bonchev–Trinajstić information content (AvgIpc) is 2.61. The molecule has 1 saturated carbocycles. The van der Waals surface area contributed by atoms with Gasteiger partial charge in [0.15, 0.2) is 0 Å². The quantitative estimate of drug-likeness (QED) is 0.586. The second kappa shape index (κ2) is 10.9. The maximum atomic E-state index is 12.2. The third-order valence-electron chi connectivity index (χ3n) is 4.91. The molecule has 1 aromatic carbocycles. The van der Waals surface area contributed by atoms with Gasteiger partial charge < -0.3 is 11.1 Å². The predicted molar refractivity (Wildman–Crippen MR) is 107 cm³/mol. The average molecular weight is 404 g/mol. The lowest BCUT2D eigenvalue weighted by Gasteiger charge is -2.35. The normalized spacial score (nSPS) is 16.5. The summed E-state index contributed by atoms with van der Waals surface area (Å²) in [5.41, 5.74) is 6.69. The van der Waals surface area contributed by atoms with Crippen molar-refractivity contribution >= 4 is 28.3 Å². The first kappa shape index (κ1) is 22.9. The van der Waals surface area contributed by atoms with Gasteiger partial charge in [-0.2, -0.15) is 0 Å². The lowest BCUT2D eigenvalue weighted by Crippen LogP contribution is -2.40. The second-order valence-electron chi connectivity index (χ2n) is 6.92. The summed E-state index contributed by atoms with van der Waals surface area (Å²) in [6.45, 7) is 0.883. The Hall–Kier alpha value is -1.15. The van der Waals surface area contributed by atoms with Crippen LogP contribution in [-0.2, 0) is 21.4 Å². The Balaban J connectivity index is 0.00000338. The van der Waals surface area contributed by atoms with E-state index < -0.39 is 10.0 Å². The zero-order valence-electron chi connectivity index (χ0n) is 15.1. The monoisotopic (exact) mass is 403 g/mol. The van der Waals surface area contributed by atoms with Gasteiger partial charge in [0.2, 0.25) is 15.9 Å². The first-order chi connectivity index (χ1) is 11.9. The number of nitrogens with one attached hydrogen (secondary N) is 2. The first-order valence-corrected chi connectivity index (χ1v) is 10.6. The molecule has 1 aromatic rings. The molecular formula is C18H30ClN3O3S. The standard InChI is InChI=1S/C18H29N3O3S.ClH/c19-15-18(9-5-2-6-10-18)13-17(22)20-11-12-25(23,24)21-14-16-7-3-1-4-8-16;/h1,3-4,7-8,21H,2,5-6,9-15,19H2,(H,20,22);1H. The van der Waals surface area contributed by atoms with Crippen molar-refractivity contribution in [3.8, 4) is 0 Å². The number of hydrogen-bond acceptors (Lipinski definition) is 4. The highest BCUT2D eigenvalue weighted by Gasteiger charge is 2.32. The van der Waals surface area contributed by atoms with Crippen molar-refractivity contribution in [1.82, 2.24) is 10.0 Å². The van der Waals surface area contributed by atoms with E-state index in [2.05, 4.69) is 10.0 Å². The van der Waals surface area contributed by atoms with Gasteiger partial charge in [0, 0.05) is 19.5 Å². The van der Waals surface area contributed by atoms with Gasteiger partial charge in [-0.1, -0.05) is 49.6 Å². The van der Waals surface area contributed by atoms with Gasteiger partial charge in [0.05, 0.1) is 5.75 Å². The van der Waals surface area contributed by atoms with E-state index >= 15 is 0 Å². The number of nitrogens with two attached hydrogens (primary N) is 1. The van der Waals surface area contributed by atoms with Crippen LogP contribution in [0.4, 0.5) is 0 Å². The van der Waals surface area contributed by atoms with Crippen molar-refractivity contribution < 1.29 is 13.2 Å². The van der Waals surface area contributed by atoms with Gasteiger partial charge in [0.1, 0.15) is 0 Å². The molecule has 0 atom stereocenters. The predicted octanol–water partition coefficient (Wildman–Crippen LogP) is 1.94. The molecule has 0 aliphatic heterocycles. The first-order valence-electron chi connectivity index (χ1n) is 8.93. The molecule has 0 bridgehead atoms. The van der Waals surface area contributed by atoms with Crippen molar-refractivity contribution in [2.75, 3.05) is 18.8 Å². The minimum Gasteiger partial charge on any atom is -0.355 e. The number of hydrogen-bond donors (Lipinski definition) is 3. The molecule has 1 aliphatic rings. The summed E-state index contributed by atoms with van der Waals surface area (Å²) in [7, 11) is -3.42. The maximum Gasteiger partial charge on any atom is 0.220 e. The largest absolute Gasteiger partial charge is 0.355 e. The van der Waals surface area contributed by atoms with Gasteiger partial charge in [-0.05, 0) is 30.4 Å². The summed E-state index contributed by atoms with van der Waals surface area (Å²) in [5, 5.41) is 2.73. The molecule has 2 rings (SSSR count). The molecule has 0 saturated heterocycles. The van der Waals surface area contributed by atoms with E-state index in [0.29, 0.717) is 13.0 Å². The molecular weight excluding hydrogens is 374 g/mol. The zero-order chi connectivity index (χ0) is 18.2. The number of sulfonamides is 1. The third kappa shape index (κ3) is 7.61. The number of rotatable bonds is 9. The van der Waals surface area contributed by atoms with E-state index in [-0.39, 0.29) is 42.6 Å². The van der Waals surface area contributed by atoms with Crippen LogP contribution in [0.2, 0.25) is 0 Å². The SMILES string of the molecule is Cl.NCC1(CC(=O)NCCS(=O)(=O)NCc2ccccc2)CCCCC1. The van der Waals surface area contributed by atoms with E-state index in [1.807, 2.05) is 30.3 Å².